The van der Waals surface area contributed by atoms with E-state index in [9.17, 15) is 0 Å². The summed E-state index contributed by atoms with van der Waals surface area (Å²) in [5.41, 5.74) is 1.25. The van der Waals surface area contributed by atoms with Gasteiger partial charge in [-0.3, -0.25) is 0 Å². The van der Waals surface area contributed by atoms with E-state index in [1.807, 2.05) is 19.9 Å². The van der Waals surface area contributed by atoms with Gasteiger partial charge in [0.25, 0.3) is 0 Å². The van der Waals surface area contributed by atoms with Gasteiger partial charge in [-0.25, -0.2) is 0 Å². The van der Waals surface area contributed by atoms with Gasteiger partial charge in [0.2, 0.25) is 0 Å². The van der Waals surface area contributed by atoms with Gasteiger partial charge in [0.15, 0.2) is 0 Å². The van der Waals surface area contributed by atoms with E-state index in [-0.39, 0.29) is 0 Å². The molecule has 0 aliphatic carbocycles. The highest BCUT2D eigenvalue weighted by Gasteiger charge is 2.09. The molecule has 0 aromatic heterocycles. The summed E-state index contributed by atoms with van der Waals surface area (Å²) in [5, 5.41) is 0. The molecule has 0 heterocycles. The van der Waals surface area contributed by atoms with E-state index < -0.39 is 9.28 Å². The van der Waals surface area contributed by atoms with Crippen LogP contribution in [0.1, 0.15) is 25.8 Å². The van der Waals surface area contributed by atoms with Crippen LogP contribution in [0.15, 0.2) is 36.4 Å². The molecule has 1 aromatic carbocycles. The van der Waals surface area contributed by atoms with Gasteiger partial charge >= 0.3 is 9.28 Å². The molecule has 0 N–H and O–H groups in total. The number of hydrogen-bond acceptors (Lipinski definition) is 2. The highest BCUT2D eigenvalue weighted by Crippen LogP contribution is 2.06. The first-order chi connectivity index (χ1) is 8.36. The summed E-state index contributed by atoms with van der Waals surface area (Å²) in [7, 11) is -1.41. The van der Waals surface area contributed by atoms with Crippen LogP contribution in [0.4, 0.5) is 0 Å². The number of allylic oxidation sites excluding steroid dienone is 1. The minimum atomic E-state index is -1.41. The summed E-state index contributed by atoms with van der Waals surface area (Å²) in [4.78, 5) is 0. The lowest BCUT2D eigenvalue weighted by atomic mass is 10.2. The highest BCUT2D eigenvalue weighted by molar-refractivity contribution is 6.44. The SMILES string of the molecule is CCO[SiH](CCC=Cc1ccccc1)OCC. The van der Waals surface area contributed by atoms with Crippen LogP contribution >= 0.6 is 0 Å². The van der Waals surface area contributed by atoms with Crippen molar-refractivity contribution in [2.75, 3.05) is 13.2 Å². The van der Waals surface area contributed by atoms with Crippen molar-refractivity contribution in [1.29, 1.82) is 0 Å². The lowest BCUT2D eigenvalue weighted by molar-refractivity contribution is 0.213. The Labute approximate surface area is 106 Å². The maximum Gasteiger partial charge on any atom is 0.321 e. The largest absolute Gasteiger partial charge is 0.397 e. The lowest BCUT2D eigenvalue weighted by Crippen LogP contribution is -2.22. The fourth-order valence-corrected chi connectivity index (χ4v) is 3.24. The first-order valence-electron chi connectivity index (χ1n) is 6.31. The molecule has 17 heavy (non-hydrogen) atoms. The Bertz CT molecular complexity index is 305. The van der Waals surface area contributed by atoms with Crippen molar-refractivity contribution in [2.45, 2.75) is 26.3 Å². The van der Waals surface area contributed by atoms with E-state index in [0.29, 0.717) is 0 Å². The van der Waals surface area contributed by atoms with Crippen LogP contribution in [0.25, 0.3) is 6.08 Å². The number of hydrogen-bond donors (Lipinski definition) is 0. The lowest BCUT2D eigenvalue weighted by Gasteiger charge is -2.13. The molecular weight excluding hydrogens is 228 g/mol. The number of rotatable bonds is 8. The van der Waals surface area contributed by atoms with E-state index >= 15 is 0 Å². The average Bonchev–Trinajstić information content (AvgIpc) is 2.36. The fourth-order valence-electron chi connectivity index (χ4n) is 1.60. The van der Waals surface area contributed by atoms with Crippen LogP contribution in [-0.2, 0) is 8.85 Å². The van der Waals surface area contributed by atoms with Crippen LogP contribution in [0, 0.1) is 0 Å². The Hall–Kier alpha value is -0.903. The Morgan fingerprint density at radius 1 is 1.06 bits per heavy atom. The zero-order valence-electron chi connectivity index (χ0n) is 10.8. The Balaban J connectivity index is 2.28. The molecule has 0 spiro atoms. The van der Waals surface area contributed by atoms with Crippen molar-refractivity contribution in [2.24, 2.45) is 0 Å². The van der Waals surface area contributed by atoms with Gasteiger partial charge in [-0.05, 0) is 31.9 Å². The van der Waals surface area contributed by atoms with Gasteiger partial charge in [0, 0.05) is 13.2 Å². The second-order valence-electron chi connectivity index (χ2n) is 3.73. The predicted octanol–water partition coefficient (Wildman–Crippen LogP) is 3.38. The van der Waals surface area contributed by atoms with Crippen LogP contribution in [-0.4, -0.2) is 22.5 Å². The topological polar surface area (TPSA) is 18.5 Å². The summed E-state index contributed by atoms with van der Waals surface area (Å²) >= 11 is 0. The molecule has 3 heteroatoms. The van der Waals surface area contributed by atoms with E-state index in [1.54, 1.807) is 0 Å². The summed E-state index contributed by atoms with van der Waals surface area (Å²) < 4.78 is 11.2. The molecule has 0 bridgehead atoms. The van der Waals surface area contributed by atoms with E-state index in [1.165, 1.54) is 5.56 Å². The second-order valence-corrected chi connectivity index (χ2v) is 5.83. The molecule has 0 aliphatic rings. The van der Waals surface area contributed by atoms with Gasteiger partial charge in [-0.15, -0.1) is 0 Å². The molecule has 0 aliphatic heterocycles. The maximum absolute atomic E-state index is 5.62. The van der Waals surface area contributed by atoms with Crippen molar-refractivity contribution in [1.82, 2.24) is 0 Å². The molecule has 2 nitrogen and oxygen atoms in total. The molecule has 0 amide bonds. The van der Waals surface area contributed by atoms with Crippen molar-refractivity contribution >= 4 is 15.4 Å². The Kier molecular flexibility index (Phi) is 7.63. The molecule has 94 valence electrons. The third-order valence-corrected chi connectivity index (χ3v) is 4.60. The Morgan fingerprint density at radius 2 is 1.71 bits per heavy atom. The highest BCUT2D eigenvalue weighted by atomic mass is 28.3. The van der Waals surface area contributed by atoms with Crippen molar-refractivity contribution in [3.8, 4) is 0 Å². The summed E-state index contributed by atoms with van der Waals surface area (Å²) in [6, 6.07) is 11.4. The molecule has 0 atom stereocenters. The number of benzene rings is 1. The fraction of sp³-hybridized carbons (Fsp3) is 0.429. The molecule has 0 saturated heterocycles. The second kappa shape index (κ2) is 9.16. The first kappa shape index (κ1) is 14.2. The van der Waals surface area contributed by atoms with Gasteiger partial charge in [0.1, 0.15) is 0 Å². The quantitative estimate of drug-likeness (QED) is 0.659. The molecule has 0 fully saturated rings. The van der Waals surface area contributed by atoms with Crippen LogP contribution in [0.3, 0.4) is 0 Å². The van der Waals surface area contributed by atoms with Crippen molar-refractivity contribution < 1.29 is 8.85 Å². The summed E-state index contributed by atoms with van der Waals surface area (Å²) in [6.07, 6.45) is 5.39. The molecular formula is C14H22O2Si. The molecule has 1 aromatic rings. The zero-order valence-corrected chi connectivity index (χ0v) is 11.9. The van der Waals surface area contributed by atoms with Crippen LogP contribution < -0.4 is 0 Å². The molecule has 0 saturated carbocycles. The Morgan fingerprint density at radius 3 is 2.29 bits per heavy atom. The standard InChI is InChI=1S/C14H22O2Si/c1-3-15-17(16-4-2)13-9-8-12-14-10-6-5-7-11-14/h5-8,10-12,17H,3-4,9,13H2,1-2H3. The first-order valence-corrected chi connectivity index (χ1v) is 8.07. The molecule has 1 rings (SSSR count). The van der Waals surface area contributed by atoms with Gasteiger partial charge < -0.3 is 8.85 Å². The van der Waals surface area contributed by atoms with E-state index in [0.717, 1.165) is 25.7 Å². The predicted molar refractivity (Wildman–Crippen MR) is 75.3 cm³/mol. The summed E-state index contributed by atoms with van der Waals surface area (Å²) in [6.45, 7) is 5.58. The van der Waals surface area contributed by atoms with Crippen LogP contribution in [0.5, 0.6) is 0 Å². The minimum absolute atomic E-state index is 0.763. The monoisotopic (exact) mass is 250 g/mol. The summed E-state index contributed by atoms with van der Waals surface area (Å²) in [5.74, 6) is 0. The van der Waals surface area contributed by atoms with Gasteiger partial charge in [0.05, 0.1) is 0 Å². The van der Waals surface area contributed by atoms with Crippen LogP contribution in [0.2, 0.25) is 6.04 Å². The van der Waals surface area contributed by atoms with E-state index in [4.69, 9.17) is 8.85 Å². The van der Waals surface area contributed by atoms with E-state index in [2.05, 4.69) is 36.4 Å². The average molecular weight is 250 g/mol. The normalized spacial score (nSPS) is 11.5. The van der Waals surface area contributed by atoms with Gasteiger partial charge in [-0.2, -0.15) is 0 Å². The minimum Gasteiger partial charge on any atom is -0.397 e. The smallest absolute Gasteiger partial charge is 0.321 e. The third kappa shape index (κ3) is 6.41. The van der Waals surface area contributed by atoms with Crippen molar-refractivity contribution in [3.05, 3.63) is 42.0 Å². The molecule has 0 unspecified atom stereocenters. The zero-order chi connectivity index (χ0) is 12.3. The molecule has 0 radical (unpaired) electrons. The van der Waals surface area contributed by atoms with Gasteiger partial charge in [-0.1, -0.05) is 42.5 Å². The third-order valence-electron chi connectivity index (χ3n) is 2.38. The maximum atomic E-state index is 5.62. The van der Waals surface area contributed by atoms with Crippen molar-refractivity contribution in [3.63, 3.8) is 0 Å².